The zero-order valence-electron chi connectivity index (χ0n) is 7.53. The van der Waals surface area contributed by atoms with E-state index in [1.807, 2.05) is 17.8 Å². The molecule has 0 amide bonds. The molecule has 1 atom stereocenters. The van der Waals surface area contributed by atoms with Gasteiger partial charge in [0.05, 0.1) is 5.71 Å². The summed E-state index contributed by atoms with van der Waals surface area (Å²) in [6.45, 7) is 2.20. The molecule has 0 aromatic heterocycles. The quantitative estimate of drug-likeness (QED) is 0.505. The molecule has 0 saturated carbocycles. The van der Waals surface area contributed by atoms with Crippen LogP contribution in [0.1, 0.15) is 18.9 Å². The Balaban J connectivity index is 2.49. The number of benzene rings is 1. The molecule has 0 aliphatic carbocycles. The number of hydrogen-bond acceptors (Lipinski definition) is 3. The number of fused-ring (bicyclic) bond motifs is 1. The predicted octanol–water partition coefficient (Wildman–Crippen LogP) is 2.23. The first-order valence-corrected chi connectivity index (χ1v) is 5.22. The van der Waals surface area contributed by atoms with E-state index in [2.05, 4.69) is 30.2 Å². The van der Waals surface area contributed by atoms with Gasteiger partial charge in [0, 0.05) is 22.1 Å². The highest BCUT2D eigenvalue weighted by molar-refractivity contribution is 8.00. The minimum absolute atomic E-state index is 0.581. The number of nitrogens with two attached hydrogens (primary N) is 1. The summed E-state index contributed by atoms with van der Waals surface area (Å²) in [5.41, 5.74) is 2.23. The molecule has 2 nitrogen and oxygen atoms in total. The van der Waals surface area contributed by atoms with Gasteiger partial charge in [-0.15, -0.1) is 11.8 Å². The number of thioether (sulfide) groups is 1. The molecule has 2 N–H and O–H groups in total. The summed E-state index contributed by atoms with van der Waals surface area (Å²) >= 11 is 1.89. The first kappa shape index (κ1) is 8.63. The predicted molar refractivity (Wildman–Crippen MR) is 57.1 cm³/mol. The maximum Gasteiger partial charge on any atom is 0.0695 e. The number of nitrogens with zero attached hydrogens (tertiary/aromatic N) is 1. The van der Waals surface area contributed by atoms with Crippen LogP contribution in [0.15, 0.2) is 34.3 Å². The highest BCUT2D eigenvalue weighted by Gasteiger charge is 2.20. The standard InChI is InChI=1S/C10H12N2S/c1-7-6-9(12-11)8-4-2-3-5-10(8)13-7/h2-5,7H,6,11H2,1H3/b12-9-. The van der Waals surface area contributed by atoms with Crippen molar-refractivity contribution in [3.05, 3.63) is 29.8 Å². The Bertz CT molecular complexity index is 347. The topological polar surface area (TPSA) is 38.4 Å². The van der Waals surface area contributed by atoms with Crippen LogP contribution in [0.2, 0.25) is 0 Å². The molecule has 0 saturated heterocycles. The lowest BCUT2D eigenvalue weighted by Crippen LogP contribution is -2.16. The summed E-state index contributed by atoms with van der Waals surface area (Å²) in [6, 6.07) is 8.29. The van der Waals surface area contributed by atoms with Crippen LogP contribution in [0.3, 0.4) is 0 Å². The molecular formula is C10H12N2S. The second kappa shape index (κ2) is 3.42. The Kier molecular flexibility index (Phi) is 2.27. The van der Waals surface area contributed by atoms with Crippen molar-refractivity contribution < 1.29 is 0 Å². The average Bonchev–Trinajstić information content (AvgIpc) is 2.16. The third-order valence-corrected chi connectivity index (χ3v) is 3.34. The van der Waals surface area contributed by atoms with Gasteiger partial charge in [0.1, 0.15) is 0 Å². The van der Waals surface area contributed by atoms with E-state index in [0.29, 0.717) is 5.25 Å². The molecule has 68 valence electrons. The molecule has 2 rings (SSSR count). The van der Waals surface area contributed by atoms with E-state index in [1.54, 1.807) is 0 Å². The summed E-state index contributed by atoms with van der Waals surface area (Å²) in [7, 11) is 0. The molecule has 1 unspecified atom stereocenters. The van der Waals surface area contributed by atoms with Gasteiger partial charge in [-0.05, 0) is 6.07 Å². The molecule has 1 aromatic rings. The van der Waals surface area contributed by atoms with E-state index in [-0.39, 0.29) is 0 Å². The van der Waals surface area contributed by atoms with Crippen molar-refractivity contribution in [3.8, 4) is 0 Å². The van der Waals surface area contributed by atoms with E-state index in [1.165, 1.54) is 10.5 Å². The summed E-state index contributed by atoms with van der Waals surface area (Å²) < 4.78 is 0. The van der Waals surface area contributed by atoms with Crippen LogP contribution in [0.25, 0.3) is 0 Å². The minimum atomic E-state index is 0.581. The van der Waals surface area contributed by atoms with Crippen LogP contribution in [0.5, 0.6) is 0 Å². The third-order valence-electron chi connectivity index (χ3n) is 2.16. The summed E-state index contributed by atoms with van der Waals surface area (Å²) in [4.78, 5) is 1.30. The number of rotatable bonds is 0. The minimum Gasteiger partial charge on any atom is -0.323 e. The zero-order chi connectivity index (χ0) is 9.26. The van der Waals surface area contributed by atoms with Crippen molar-refractivity contribution >= 4 is 17.5 Å². The Labute approximate surface area is 82.2 Å². The van der Waals surface area contributed by atoms with Crippen molar-refractivity contribution in [3.63, 3.8) is 0 Å². The second-order valence-electron chi connectivity index (χ2n) is 3.20. The Morgan fingerprint density at radius 3 is 3.00 bits per heavy atom. The molecule has 0 fully saturated rings. The molecule has 1 heterocycles. The van der Waals surface area contributed by atoms with Gasteiger partial charge in [-0.1, -0.05) is 25.1 Å². The molecule has 1 aromatic carbocycles. The molecule has 0 bridgehead atoms. The van der Waals surface area contributed by atoms with E-state index >= 15 is 0 Å². The van der Waals surface area contributed by atoms with Crippen molar-refractivity contribution in [2.45, 2.75) is 23.5 Å². The molecule has 13 heavy (non-hydrogen) atoms. The molecule has 1 aliphatic heterocycles. The highest BCUT2D eigenvalue weighted by atomic mass is 32.2. The number of hydrazone groups is 1. The molecule has 0 spiro atoms. The van der Waals surface area contributed by atoms with Crippen LogP contribution >= 0.6 is 11.8 Å². The fourth-order valence-electron chi connectivity index (χ4n) is 1.57. The van der Waals surface area contributed by atoms with Gasteiger partial charge >= 0.3 is 0 Å². The van der Waals surface area contributed by atoms with Gasteiger partial charge in [-0.25, -0.2) is 0 Å². The van der Waals surface area contributed by atoms with E-state index in [4.69, 9.17) is 5.84 Å². The summed E-state index contributed by atoms with van der Waals surface area (Å²) in [6.07, 6.45) is 0.970. The fraction of sp³-hybridized carbons (Fsp3) is 0.300. The van der Waals surface area contributed by atoms with Crippen LogP contribution in [0.4, 0.5) is 0 Å². The number of hydrogen-bond donors (Lipinski definition) is 1. The first-order chi connectivity index (χ1) is 6.31. The van der Waals surface area contributed by atoms with Gasteiger partial charge < -0.3 is 5.84 Å². The Hall–Kier alpha value is -0.960. The maximum absolute atomic E-state index is 5.36. The largest absolute Gasteiger partial charge is 0.323 e. The summed E-state index contributed by atoms with van der Waals surface area (Å²) in [5, 5.41) is 4.42. The lowest BCUT2D eigenvalue weighted by atomic mass is 10.1. The normalized spacial score (nSPS) is 24.4. The average molecular weight is 192 g/mol. The zero-order valence-corrected chi connectivity index (χ0v) is 8.34. The lowest BCUT2D eigenvalue weighted by Gasteiger charge is -2.21. The van der Waals surface area contributed by atoms with Gasteiger partial charge in [-0.2, -0.15) is 5.10 Å². The maximum atomic E-state index is 5.36. The SMILES string of the molecule is CC1C/C(=N/N)c2ccccc2S1. The molecule has 3 heteroatoms. The Morgan fingerprint density at radius 2 is 2.23 bits per heavy atom. The van der Waals surface area contributed by atoms with Crippen LogP contribution in [-0.2, 0) is 0 Å². The Morgan fingerprint density at radius 1 is 1.46 bits per heavy atom. The van der Waals surface area contributed by atoms with Gasteiger partial charge in [-0.3, -0.25) is 0 Å². The molecule has 0 radical (unpaired) electrons. The second-order valence-corrected chi connectivity index (χ2v) is 4.68. The first-order valence-electron chi connectivity index (χ1n) is 4.34. The van der Waals surface area contributed by atoms with E-state index in [0.717, 1.165) is 12.1 Å². The van der Waals surface area contributed by atoms with Crippen LogP contribution in [-0.4, -0.2) is 11.0 Å². The summed E-state index contributed by atoms with van der Waals surface area (Å²) in [5.74, 6) is 5.36. The molecular weight excluding hydrogens is 180 g/mol. The highest BCUT2D eigenvalue weighted by Crippen LogP contribution is 2.34. The van der Waals surface area contributed by atoms with Crippen molar-refractivity contribution in [1.29, 1.82) is 0 Å². The smallest absolute Gasteiger partial charge is 0.0695 e. The monoisotopic (exact) mass is 192 g/mol. The van der Waals surface area contributed by atoms with E-state index in [9.17, 15) is 0 Å². The third kappa shape index (κ3) is 1.56. The van der Waals surface area contributed by atoms with Crippen LogP contribution < -0.4 is 5.84 Å². The van der Waals surface area contributed by atoms with Gasteiger partial charge in [0.15, 0.2) is 0 Å². The molecule has 1 aliphatic rings. The van der Waals surface area contributed by atoms with Crippen molar-refractivity contribution in [1.82, 2.24) is 0 Å². The fourth-order valence-corrected chi connectivity index (χ4v) is 2.72. The van der Waals surface area contributed by atoms with Crippen molar-refractivity contribution in [2.24, 2.45) is 10.9 Å². The van der Waals surface area contributed by atoms with Gasteiger partial charge in [0.25, 0.3) is 0 Å². The van der Waals surface area contributed by atoms with E-state index < -0.39 is 0 Å². The lowest BCUT2D eigenvalue weighted by molar-refractivity contribution is 0.982. The van der Waals surface area contributed by atoms with Gasteiger partial charge in [0.2, 0.25) is 0 Å². The van der Waals surface area contributed by atoms with Crippen LogP contribution in [0, 0.1) is 0 Å². The van der Waals surface area contributed by atoms with Crippen molar-refractivity contribution in [2.75, 3.05) is 0 Å².